The highest BCUT2D eigenvalue weighted by atomic mass is 14.9. The summed E-state index contributed by atoms with van der Waals surface area (Å²) in [5.41, 5.74) is 5.68. The van der Waals surface area contributed by atoms with E-state index in [9.17, 15) is 0 Å². The van der Waals surface area contributed by atoms with Crippen LogP contribution in [0.2, 0.25) is 0 Å². The summed E-state index contributed by atoms with van der Waals surface area (Å²) < 4.78 is 0. The second-order valence-corrected chi connectivity index (χ2v) is 5.51. The normalized spacial score (nSPS) is 12.3. The van der Waals surface area contributed by atoms with Crippen LogP contribution >= 0.6 is 0 Å². The van der Waals surface area contributed by atoms with Crippen LogP contribution in [-0.4, -0.2) is 7.05 Å². The van der Waals surface area contributed by atoms with E-state index in [0.717, 1.165) is 6.42 Å². The van der Waals surface area contributed by atoms with Gasteiger partial charge in [0.15, 0.2) is 0 Å². The first-order valence-electron chi connectivity index (χ1n) is 7.49. The number of rotatable bonds is 6. The summed E-state index contributed by atoms with van der Waals surface area (Å²) in [6, 6.07) is 17.8. The van der Waals surface area contributed by atoms with Gasteiger partial charge in [-0.05, 0) is 62.4 Å². The quantitative estimate of drug-likeness (QED) is 0.807. The maximum absolute atomic E-state index is 3.47. The van der Waals surface area contributed by atoms with Crippen molar-refractivity contribution in [3.8, 4) is 0 Å². The van der Waals surface area contributed by atoms with E-state index in [-0.39, 0.29) is 0 Å². The summed E-state index contributed by atoms with van der Waals surface area (Å²) >= 11 is 0. The van der Waals surface area contributed by atoms with Crippen LogP contribution in [0.5, 0.6) is 0 Å². The van der Waals surface area contributed by atoms with E-state index in [2.05, 4.69) is 74.7 Å². The van der Waals surface area contributed by atoms with Gasteiger partial charge in [0.1, 0.15) is 0 Å². The molecule has 0 aliphatic heterocycles. The summed E-state index contributed by atoms with van der Waals surface area (Å²) in [6.07, 6.45) is 3.54. The van der Waals surface area contributed by atoms with Gasteiger partial charge in [-0.25, -0.2) is 0 Å². The molecule has 0 saturated carbocycles. The zero-order valence-electron chi connectivity index (χ0n) is 12.8. The smallest absolute Gasteiger partial charge is 0.0320 e. The monoisotopic (exact) mass is 267 g/mol. The molecule has 20 heavy (non-hydrogen) atoms. The molecule has 1 nitrogen and oxygen atoms in total. The lowest BCUT2D eigenvalue weighted by molar-refractivity contribution is 0.524. The minimum absolute atomic E-state index is 0.457. The van der Waals surface area contributed by atoms with Crippen molar-refractivity contribution in [3.63, 3.8) is 0 Å². The fourth-order valence-corrected chi connectivity index (χ4v) is 2.76. The molecule has 0 spiro atoms. The summed E-state index contributed by atoms with van der Waals surface area (Å²) in [7, 11) is 2.06. The van der Waals surface area contributed by atoms with Crippen LogP contribution in [0, 0.1) is 13.8 Å². The Bertz CT molecular complexity index is 531. The fraction of sp³-hybridized carbons (Fsp3) is 0.368. The van der Waals surface area contributed by atoms with E-state index in [1.807, 2.05) is 0 Å². The molecular weight excluding hydrogens is 242 g/mol. The molecule has 0 aliphatic rings. The zero-order chi connectivity index (χ0) is 14.4. The van der Waals surface area contributed by atoms with Crippen LogP contribution < -0.4 is 5.32 Å². The van der Waals surface area contributed by atoms with Crippen molar-refractivity contribution in [2.75, 3.05) is 7.05 Å². The number of nitrogens with one attached hydrogen (secondary N) is 1. The molecule has 0 aliphatic carbocycles. The van der Waals surface area contributed by atoms with Crippen LogP contribution in [0.1, 0.15) is 41.1 Å². The lowest BCUT2D eigenvalue weighted by atomic mass is 9.93. The van der Waals surface area contributed by atoms with Gasteiger partial charge in [0.2, 0.25) is 0 Å². The largest absolute Gasteiger partial charge is 0.313 e. The van der Waals surface area contributed by atoms with Gasteiger partial charge in [-0.3, -0.25) is 0 Å². The standard InChI is InChI=1S/C19H25N/c1-15-9-7-13-18(16(15)2)19(20-3)14-8-12-17-10-5-4-6-11-17/h4-7,9-11,13,19-20H,8,12,14H2,1-3H3. The highest BCUT2D eigenvalue weighted by molar-refractivity contribution is 5.35. The Morgan fingerprint density at radius 1 is 0.950 bits per heavy atom. The first-order valence-corrected chi connectivity index (χ1v) is 7.49. The van der Waals surface area contributed by atoms with Crippen molar-refractivity contribution < 1.29 is 0 Å². The average molecular weight is 267 g/mol. The van der Waals surface area contributed by atoms with Gasteiger partial charge in [0.25, 0.3) is 0 Å². The number of hydrogen-bond acceptors (Lipinski definition) is 1. The van der Waals surface area contributed by atoms with E-state index in [1.165, 1.54) is 35.1 Å². The van der Waals surface area contributed by atoms with Crippen molar-refractivity contribution in [2.45, 2.75) is 39.2 Å². The molecule has 0 heterocycles. The minimum atomic E-state index is 0.457. The van der Waals surface area contributed by atoms with E-state index < -0.39 is 0 Å². The molecule has 2 aromatic carbocycles. The second-order valence-electron chi connectivity index (χ2n) is 5.51. The van der Waals surface area contributed by atoms with Gasteiger partial charge in [-0.2, -0.15) is 0 Å². The average Bonchev–Trinajstić information content (AvgIpc) is 2.48. The van der Waals surface area contributed by atoms with Crippen molar-refractivity contribution in [2.24, 2.45) is 0 Å². The van der Waals surface area contributed by atoms with Gasteiger partial charge >= 0.3 is 0 Å². The Balaban J connectivity index is 1.97. The number of hydrogen-bond donors (Lipinski definition) is 1. The summed E-state index contributed by atoms with van der Waals surface area (Å²) in [5, 5.41) is 3.47. The molecule has 1 atom stereocenters. The predicted molar refractivity (Wildman–Crippen MR) is 87.1 cm³/mol. The third-order valence-corrected chi connectivity index (χ3v) is 4.17. The summed E-state index contributed by atoms with van der Waals surface area (Å²) in [6.45, 7) is 4.42. The SMILES string of the molecule is CNC(CCCc1ccccc1)c1cccc(C)c1C. The molecule has 2 aromatic rings. The molecule has 1 heteroatoms. The van der Waals surface area contributed by atoms with Crippen LogP contribution in [-0.2, 0) is 6.42 Å². The van der Waals surface area contributed by atoms with Gasteiger partial charge in [-0.15, -0.1) is 0 Å². The van der Waals surface area contributed by atoms with Crippen molar-refractivity contribution in [1.82, 2.24) is 5.32 Å². The first kappa shape index (κ1) is 14.8. The lowest BCUT2D eigenvalue weighted by Gasteiger charge is -2.20. The highest BCUT2D eigenvalue weighted by Crippen LogP contribution is 2.24. The molecule has 0 bridgehead atoms. The summed E-state index contributed by atoms with van der Waals surface area (Å²) in [5.74, 6) is 0. The molecule has 0 radical (unpaired) electrons. The lowest BCUT2D eigenvalue weighted by Crippen LogP contribution is -2.18. The van der Waals surface area contributed by atoms with Gasteiger partial charge in [-0.1, -0.05) is 48.5 Å². The second kappa shape index (κ2) is 7.25. The topological polar surface area (TPSA) is 12.0 Å². The highest BCUT2D eigenvalue weighted by Gasteiger charge is 2.12. The Morgan fingerprint density at radius 3 is 2.40 bits per heavy atom. The third kappa shape index (κ3) is 3.71. The molecule has 0 amide bonds. The van der Waals surface area contributed by atoms with E-state index in [4.69, 9.17) is 0 Å². The van der Waals surface area contributed by atoms with Gasteiger partial charge < -0.3 is 5.32 Å². The van der Waals surface area contributed by atoms with Crippen molar-refractivity contribution in [1.29, 1.82) is 0 Å². The van der Waals surface area contributed by atoms with Crippen molar-refractivity contribution >= 4 is 0 Å². The van der Waals surface area contributed by atoms with Gasteiger partial charge in [0, 0.05) is 6.04 Å². The Hall–Kier alpha value is -1.60. The first-order chi connectivity index (χ1) is 9.72. The molecule has 1 unspecified atom stereocenters. The number of aryl methyl sites for hydroxylation is 2. The molecule has 2 rings (SSSR count). The van der Waals surface area contributed by atoms with Crippen LogP contribution in [0.15, 0.2) is 48.5 Å². The Kier molecular flexibility index (Phi) is 5.37. The van der Waals surface area contributed by atoms with Crippen LogP contribution in [0.4, 0.5) is 0 Å². The van der Waals surface area contributed by atoms with E-state index in [1.54, 1.807) is 0 Å². The van der Waals surface area contributed by atoms with Gasteiger partial charge in [0.05, 0.1) is 0 Å². The molecule has 0 aromatic heterocycles. The fourth-order valence-electron chi connectivity index (χ4n) is 2.76. The number of benzene rings is 2. The summed E-state index contributed by atoms with van der Waals surface area (Å²) in [4.78, 5) is 0. The Labute approximate surface area is 123 Å². The van der Waals surface area contributed by atoms with Crippen molar-refractivity contribution in [3.05, 3.63) is 70.8 Å². The Morgan fingerprint density at radius 2 is 1.70 bits per heavy atom. The third-order valence-electron chi connectivity index (χ3n) is 4.17. The van der Waals surface area contributed by atoms with Crippen LogP contribution in [0.25, 0.3) is 0 Å². The molecule has 0 saturated heterocycles. The van der Waals surface area contributed by atoms with E-state index in [0.29, 0.717) is 6.04 Å². The maximum atomic E-state index is 3.47. The molecule has 106 valence electrons. The predicted octanol–water partition coefficient (Wildman–Crippen LogP) is 4.59. The van der Waals surface area contributed by atoms with E-state index >= 15 is 0 Å². The van der Waals surface area contributed by atoms with Crippen LogP contribution in [0.3, 0.4) is 0 Å². The molecular formula is C19H25N. The maximum Gasteiger partial charge on any atom is 0.0320 e. The minimum Gasteiger partial charge on any atom is -0.313 e. The zero-order valence-corrected chi connectivity index (χ0v) is 12.8. The molecule has 1 N–H and O–H groups in total. The molecule has 0 fully saturated rings.